The molecule has 4 aliphatic heterocycles. The summed E-state index contributed by atoms with van der Waals surface area (Å²) in [6.07, 6.45) is 2.20. The van der Waals surface area contributed by atoms with E-state index in [0.29, 0.717) is 31.1 Å². The van der Waals surface area contributed by atoms with E-state index in [1.807, 2.05) is 6.92 Å². The fourth-order valence-corrected chi connectivity index (χ4v) is 7.05. The number of fused-ring (bicyclic) bond motifs is 1. The number of carboxylic acid groups (broad SMARTS) is 1. The second kappa shape index (κ2) is 10.9. The average molecular weight is 510 g/mol. The number of β-lactam (4-membered cyclic amide) rings is 1. The lowest BCUT2D eigenvalue weighted by Gasteiger charge is -2.47. The average Bonchev–Trinajstić information content (AvgIpc) is 3.37. The van der Waals surface area contributed by atoms with E-state index < -0.39 is 17.9 Å². The Morgan fingerprint density at radius 3 is 2.66 bits per heavy atom. The van der Waals surface area contributed by atoms with Crippen LogP contribution in [0.4, 0.5) is 0 Å². The van der Waals surface area contributed by atoms with Gasteiger partial charge in [0.05, 0.1) is 24.5 Å². The SMILES string of the molecule is CNCC(=O)N[C@H](C)[C@H]1C(=O)N2C(C(=O)O)=C(SC3CNC(C(=O)NC4CCOCC4)C3)[C@H](C)[C@@H]12. The van der Waals surface area contributed by atoms with Crippen LogP contribution < -0.4 is 21.3 Å². The molecule has 3 fully saturated rings. The third-order valence-corrected chi connectivity index (χ3v) is 8.84. The molecule has 35 heavy (non-hydrogen) atoms. The Bertz CT molecular complexity index is 907. The molecule has 2 unspecified atom stereocenters. The molecule has 6 atom stereocenters. The Labute approximate surface area is 209 Å². The van der Waals surface area contributed by atoms with E-state index in [0.717, 1.165) is 12.8 Å². The van der Waals surface area contributed by atoms with Crippen molar-refractivity contribution in [1.82, 2.24) is 26.2 Å². The van der Waals surface area contributed by atoms with E-state index in [9.17, 15) is 24.3 Å². The molecule has 4 heterocycles. The van der Waals surface area contributed by atoms with Crippen molar-refractivity contribution in [2.75, 3.05) is 33.4 Å². The van der Waals surface area contributed by atoms with Crippen LogP contribution in [-0.4, -0.2) is 96.5 Å². The van der Waals surface area contributed by atoms with E-state index in [1.54, 1.807) is 14.0 Å². The lowest BCUT2D eigenvalue weighted by molar-refractivity contribution is -0.158. The summed E-state index contributed by atoms with van der Waals surface area (Å²) >= 11 is 1.46. The number of amides is 3. The molecule has 0 saturated carbocycles. The first-order chi connectivity index (χ1) is 16.7. The van der Waals surface area contributed by atoms with Gasteiger partial charge in [-0.15, -0.1) is 11.8 Å². The van der Waals surface area contributed by atoms with Crippen molar-refractivity contribution in [2.45, 2.75) is 62.5 Å². The molecular weight excluding hydrogens is 474 g/mol. The quantitative estimate of drug-likeness (QED) is 0.253. The maximum Gasteiger partial charge on any atom is 0.353 e. The third-order valence-electron chi connectivity index (χ3n) is 7.32. The standard InChI is InChI=1S/C23H35N5O6S/c1-11-18-17(12(2)26-16(29)10-24-3)22(31)28(18)19(23(32)33)20(11)35-14-8-15(25-9-14)21(30)27-13-4-6-34-7-5-13/h11-15,17-18,24-25H,4-10H2,1-3H3,(H,26,29)(H,27,30)(H,32,33)/t11-,12-,14?,15?,17-,18+/m1/s1. The largest absolute Gasteiger partial charge is 0.477 e. The van der Waals surface area contributed by atoms with Gasteiger partial charge in [-0.2, -0.15) is 0 Å². The minimum Gasteiger partial charge on any atom is -0.477 e. The van der Waals surface area contributed by atoms with Crippen LogP contribution in [0.2, 0.25) is 0 Å². The lowest BCUT2D eigenvalue weighted by atomic mass is 9.78. The predicted molar refractivity (Wildman–Crippen MR) is 129 cm³/mol. The predicted octanol–water partition coefficient (Wildman–Crippen LogP) is -0.758. The van der Waals surface area contributed by atoms with E-state index >= 15 is 0 Å². The smallest absolute Gasteiger partial charge is 0.353 e. The monoisotopic (exact) mass is 509 g/mol. The van der Waals surface area contributed by atoms with Gasteiger partial charge in [0.15, 0.2) is 0 Å². The molecule has 3 saturated heterocycles. The van der Waals surface area contributed by atoms with Gasteiger partial charge < -0.3 is 36.0 Å². The van der Waals surface area contributed by atoms with Crippen LogP contribution in [0.5, 0.6) is 0 Å². The van der Waals surface area contributed by atoms with Crippen LogP contribution in [0.25, 0.3) is 0 Å². The van der Waals surface area contributed by atoms with Crippen molar-refractivity contribution >= 4 is 35.5 Å². The highest BCUT2D eigenvalue weighted by molar-refractivity contribution is 8.03. The van der Waals surface area contributed by atoms with Gasteiger partial charge in [0, 0.05) is 47.9 Å². The molecule has 194 valence electrons. The van der Waals surface area contributed by atoms with Crippen LogP contribution >= 0.6 is 11.8 Å². The zero-order chi connectivity index (χ0) is 25.3. The van der Waals surface area contributed by atoms with Gasteiger partial charge >= 0.3 is 5.97 Å². The molecule has 0 aromatic carbocycles. The number of nitrogens with zero attached hydrogens (tertiary/aromatic N) is 1. The topological polar surface area (TPSA) is 149 Å². The Morgan fingerprint density at radius 2 is 2.00 bits per heavy atom. The number of thioether (sulfide) groups is 1. The summed E-state index contributed by atoms with van der Waals surface area (Å²) in [5, 5.41) is 22.0. The Hall–Kier alpha value is -2.15. The van der Waals surface area contributed by atoms with Gasteiger partial charge in [-0.05, 0) is 33.2 Å². The van der Waals surface area contributed by atoms with Gasteiger partial charge in [-0.25, -0.2) is 4.79 Å². The van der Waals surface area contributed by atoms with Gasteiger partial charge in [-0.3, -0.25) is 14.4 Å². The first kappa shape index (κ1) is 25.9. The molecule has 4 rings (SSSR count). The Balaban J connectivity index is 1.39. The van der Waals surface area contributed by atoms with Crippen LogP contribution in [0.1, 0.15) is 33.1 Å². The van der Waals surface area contributed by atoms with Crippen molar-refractivity contribution < 1.29 is 29.0 Å². The summed E-state index contributed by atoms with van der Waals surface area (Å²) in [5.41, 5.74) is 0.0395. The fraction of sp³-hybridized carbons (Fsp3) is 0.739. The van der Waals surface area contributed by atoms with Gasteiger partial charge in [-0.1, -0.05) is 6.92 Å². The van der Waals surface area contributed by atoms with Gasteiger partial charge in [0.25, 0.3) is 0 Å². The summed E-state index contributed by atoms with van der Waals surface area (Å²) < 4.78 is 5.34. The zero-order valence-corrected chi connectivity index (χ0v) is 21.2. The number of carbonyl (C=O) groups is 4. The Morgan fingerprint density at radius 1 is 1.29 bits per heavy atom. The molecule has 0 radical (unpaired) electrons. The number of ether oxygens (including phenoxy) is 1. The number of nitrogens with one attached hydrogen (secondary N) is 4. The summed E-state index contributed by atoms with van der Waals surface area (Å²) in [6.45, 7) is 5.76. The number of rotatable bonds is 9. The van der Waals surface area contributed by atoms with Crippen LogP contribution in [0, 0.1) is 11.8 Å². The minimum atomic E-state index is -1.12. The lowest BCUT2D eigenvalue weighted by Crippen LogP contribution is -2.66. The number of likely N-dealkylation sites (N-methyl/N-ethyl adjacent to an activating group) is 1. The number of hydrogen-bond acceptors (Lipinski definition) is 8. The van der Waals surface area contributed by atoms with Crippen molar-refractivity contribution in [2.24, 2.45) is 11.8 Å². The molecule has 11 nitrogen and oxygen atoms in total. The van der Waals surface area contributed by atoms with Crippen LogP contribution in [-0.2, 0) is 23.9 Å². The Kier molecular flexibility index (Phi) is 8.04. The highest BCUT2D eigenvalue weighted by Gasteiger charge is 2.60. The molecule has 0 aromatic rings. The highest BCUT2D eigenvalue weighted by atomic mass is 32.2. The van der Waals surface area contributed by atoms with Crippen molar-refractivity contribution in [3.8, 4) is 0 Å². The minimum absolute atomic E-state index is 0.0206. The summed E-state index contributed by atoms with van der Waals surface area (Å²) in [4.78, 5) is 51.9. The molecule has 0 aliphatic carbocycles. The van der Waals surface area contributed by atoms with Crippen molar-refractivity contribution in [3.05, 3.63) is 10.6 Å². The molecule has 0 aromatic heterocycles. The molecule has 3 amide bonds. The maximum atomic E-state index is 13.0. The summed E-state index contributed by atoms with van der Waals surface area (Å²) in [7, 11) is 1.67. The second-order valence-electron chi connectivity index (χ2n) is 9.75. The molecule has 0 bridgehead atoms. The van der Waals surface area contributed by atoms with E-state index in [1.165, 1.54) is 16.7 Å². The highest BCUT2D eigenvalue weighted by Crippen LogP contribution is 2.51. The molecule has 12 heteroatoms. The van der Waals surface area contributed by atoms with Gasteiger partial charge in [0.1, 0.15) is 5.70 Å². The van der Waals surface area contributed by atoms with Gasteiger partial charge in [0.2, 0.25) is 17.7 Å². The second-order valence-corrected chi connectivity index (χ2v) is 11.1. The van der Waals surface area contributed by atoms with E-state index in [-0.39, 0.29) is 59.3 Å². The number of hydrogen-bond donors (Lipinski definition) is 5. The first-order valence-corrected chi connectivity index (χ1v) is 13.1. The zero-order valence-electron chi connectivity index (χ0n) is 20.3. The molecular formula is C23H35N5O6S. The van der Waals surface area contributed by atoms with Crippen molar-refractivity contribution in [3.63, 3.8) is 0 Å². The van der Waals surface area contributed by atoms with Crippen LogP contribution in [0.15, 0.2) is 10.6 Å². The molecule has 0 spiro atoms. The van der Waals surface area contributed by atoms with Crippen molar-refractivity contribution in [1.29, 1.82) is 0 Å². The molecule has 4 aliphatic rings. The first-order valence-electron chi connectivity index (χ1n) is 12.3. The summed E-state index contributed by atoms with van der Waals surface area (Å²) in [6, 6.07) is -0.904. The van der Waals surface area contributed by atoms with Crippen LogP contribution in [0.3, 0.4) is 0 Å². The normalized spacial score (nSPS) is 31.7. The number of aliphatic carboxylic acids is 1. The van der Waals surface area contributed by atoms with E-state index in [2.05, 4.69) is 21.3 Å². The maximum absolute atomic E-state index is 13.0. The fourth-order valence-electron chi connectivity index (χ4n) is 5.57. The summed E-state index contributed by atoms with van der Waals surface area (Å²) in [5.74, 6) is -2.28. The number of carboxylic acids is 1. The third kappa shape index (κ3) is 5.20. The molecule has 5 N–H and O–H groups in total. The number of carbonyl (C=O) groups excluding carboxylic acids is 3. The van der Waals surface area contributed by atoms with E-state index in [4.69, 9.17) is 4.74 Å².